The van der Waals surface area contributed by atoms with Gasteiger partial charge in [-0.1, -0.05) is 71.4 Å². The van der Waals surface area contributed by atoms with Crippen LogP contribution in [-0.4, -0.2) is 135 Å². The van der Waals surface area contributed by atoms with E-state index in [2.05, 4.69) is 26.6 Å². The number of nitrogens with zero attached hydrogens (tertiary/aromatic N) is 3. The molecule has 2 aromatic carbocycles. The summed E-state index contributed by atoms with van der Waals surface area (Å²) in [6.45, 7) is 10.2. The summed E-state index contributed by atoms with van der Waals surface area (Å²) in [6, 6.07) is 8.96. The summed E-state index contributed by atoms with van der Waals surface area (Å²) in [5, 5.41) is 33.0. The second-order valence-electron chi connectivity index (χ2n) is 20.6. The molecule has 9 N–H and O–H groups in total. The van der Waals surface area contributed by atoms with Crippen LogP contribution < -0.4 is 32.3 Å². The third-order valence-electron chi connectivity index (χ3n) is 13.0. The number of carbonyl (C=O) groups excluding carboxylic acids is 8. The molecule has 8 amide bonds. The molecule has 0 aliphatic carbocycles. The van der Waals surface area contributed by atoms with Gasteiger partial charge < -0.3 is 52.0 Å². The molecule has 22 heteroatoms. The van der Waals surface area contributed by atoms with Crippen LogP contribution >= 0.6 is 0 Å². The average Bonchev–Trinajstić information content (AvgIpc) is 3.93. The Balaban J connectivity index is 1.21. The first-order valence-corrected chi connectivity index (χ1v) is 26.0. The molecule has 2 heterocycles. The van der Waals surface area contributed by atoms with E-state index in [0.717, 1.165) is 28.7 Å². The zero-order chi connectivity index (χ0) is 57.0. The van der Waals surface area contributed by atoms with E-state index in [9.17, 15) is 57.8 Å². The molecule has 0 unspecified atom stereocenters. The lowest BCUT2D eigenvalue weighted by molar-refractivity contribution is -0.142. The van der Waals surface area contributed by atoms with E-state index in [1.165, 1.54) is 24.0 Å². The molecule has 420 valence electrons. The summed E-state index contributed by atoms with van der Waals surface area (Å²) < 4.78 is 31.4. The van der Waals surface area contributed by atoms with Crippen LogP contribution in [0.1, 0.15) is 117 Å². The Morgan fingerprint density at radius 3 is 2.08 bits per heavy atom. The maximum absolute atomic E-state index is 15.1. The number of hydrogen-bond donors (Lipinski definition) is 8. The Morgan fingerprint density at radius 2 is 1.44 bits per heavy atom. The number of benzene rings is 2. The quantitative estimate of drug-likeness (QED) is 0.0339. The third kappa shape index (κ3) is 19.3. The molecule has 3 aromatic rings. The Bertz CT molecular complexity index is 2570. The highest BCUT2D eigenvalue weighted by Gasteiger charge is 2.38. The summed E-state index contributed by atoms with van der Waals surface area (Å²) in [5.74, 6) is -7.11. The monoisotopic (exact) mass is 1080 g/mol. The second kappa shape index (κ2) is 29.8. The number of nitrogens with one attached hydrogen (secondary N) is 5. The molecule has 0 bridgehead atoms. The van der Waals surface area contributed by atoms with Crippen molar-refractivity contribution in [3.05, 3.63) is 95.8 Å². The molecule has 0 saturated carbocycles. The number of amides is 8. The van der Waals surface area contributed by atoms with Crippen molar-refractivity contribution in [2.45, 2.75) is 136 Å². The van der Waals surface area contributed by atoms with Gasteiger partial charge in [0.05, 0.1) is 12.1 Å². The molecule has 0 spiro atoms. The fourth-order valence-electron chi connectivity index (χ4n) is 8.82. The first kappa shape index (κ1) is 62.2. The number of aliphatic carboxylic acids is 1. The van der Waals surface area contributed by atoms with Crippen molar-refractivity contribution in [2.24, 2.45) is 17.1 Å². The van der Waals surface area contributed by atoms with Crippen LogP contribution in [0, 0.1) is 23.0 Å². The van der Waals surface area contributed by atoms with Crippen molar-refractivity contribution in [3.63, 3.8) is 0 Å². The summed E-state index contributed by atoms with van der Waals surface area (Å²) in [5.41, 5.74) is 7.48. The SMILES string of the molecule is CC(C)[C@H](NC(=O)CCCCCN1C(=O)C=CC1=O)C(=O)N[C@@H](C)C(=O)N[C@@H](CCCCNC(=O)CCNC(=O)[C@@H](N)CCN(C(=O)CO)[C@@H](c1cc(-c2cc(F)ccc2F)cn1Cc1ccccc1)C(C)(C)C)C(=O)O. The van der Waals surface area contributed by atoms with Crippen LogP contribution in [0.25, 0.3) is 11.1 Å². The average molecular weight is 1080 g/mol. The lowest BCUT2D eigenvalue weighted by Crippen LogP contribution is -2.56. The van der Waals surface area contributed by atoms with Gasteiger partial charge in [0.25, 0.3) is 11.8 Å². The van der Waals surface area contributed by atoms with Gasteiger partial charge in [-0.25, -0.2) is 13.6 Å². The van der Waals surface area contributed by atoms with Gasteiger partial charge in [-0.05, 0) is 86.6 Å². The van der Waals surface area contributed by atoms with E-state index in [4.69, 9.17) is 5.73 Å². The van der Waals surface area contributed by atoms with Gasteiger partial charge in [0, 0.05) is 80.7 Å². The van der Waals surface area contributed by atoms with Crippen LogP contribution in [0.15, 0.2) is 72.9 Å². The van der Waals surface area contributed by atoms with E-state index in [0.29, 0.717) is 43.5 Å². The number of aliphatic hydroxyl groups is 1. The van der Waals surface area contributed by atoms with Crippen LogP contribution in [0.4, 0.5) is 8.78 Å². The number of imide groups is 1. The standard InChI is InChI=1S/C55H75F2N9O11/c1-34(2)49(63-45(69)18-11-8-14-27-65-46(70)21-22-47(65)71)53(75)61-35(3)51(73)62-42(54(76)77)17-12-13-25-59-44(68)23-26-60-52(74)41(58)24-28-66(48(72)33-67)50(55(4,5)6)43-29-37(39-30-38(56)19-20-40(39)57)32-64(43)31-36-15-9-7-10-16-36/h7,9-10,15-16,19-22,29-30,32,34-35,41-42,49-50,67H,8,11-14,17-18,23-28,31,33,58H2,1-6H3,(H,59,68)(H,60,74)(H,61,75)(H,62,73)(H,63,69)(H,76,77)/t35-,41-,42-,49-,50-/m0/s1. The number of aromatic nitrogens is 1. The molecule has 5 atom stereocenters. The molecule has 1 aliphatic rings. The smallest absolute Gasteiger partial charge is 0.326 e. The maximum Gasteiger partial charge on any atom is 0.326 e. The zero-order valence-electron chi connectivity index (χ0n) is 44.7. The van der Waals surface area contributed by atoms with Crippen molar-refractivity contribution >= 4 is 53.2 Å². The highest BCUT2D eigenvalue weighted by Crippen LogP contribution is 2.41. The Labute approximate surface area is 447 Å². The van der Waals surface area contributed by atoms with Gasteiger partial charge in [-0.2, -0.15) is 0 Å². The summed E-state index contributed by atoms with van der Waals surface area (Å²) in [4.78, 5) is 116. The summed E-state index contributed by atoms with van der Waals surface area (Å²) in [7, 11) is 0. The normalized spacial score (nSPS) is 14.4. The number of aliphatic hydroxyl groups excluding tert-OH is 1. The maximum atomic E-state index is 15.1. The molecule has 4 rings (SSSR count). The van der Waals surface area contributed by atoms with E-state index in [1.54, 1.807) is 26.1 Å². The van der Waals surface area contributed by atoms with Gasteiger partial charge in [0.2, 0.25) is 35.4 Å². The largest absolute Gasteiger partial charge is 0.480 e. The van der Waals surface area contributed by atoms with E-state index < -0.39 is 95.3 Å². The fraction of sp³-hybridized carbons (Fsp3) is 0.509. The summed E-state index contributed by atoms with van der Waals surface area (Å²) in [6.07, 6.45) is 6.20. The molecule has 77 heavy (non-hydrogen) atoms. The number of unbranched alkanes of at least 4 members (excludes halogenated alkanes) is 3. The van der Waals surface area contributed by atoms with Crippen molar-refractivity contribution in [3.8, 4) is 11.1 Å². The molecule has 1 aromatic heterocycles. The van der Waals surface area contributed by atoms with Gasteiger partial charge in [-0.15, -0.1) is 0 Å². The molecule has 0 saturated heterocycles. The zero-order valence-corrected chi connectivity index (χ0v) is 44.7. The predicted octanol–water partition coefficient (Wildman–Crippen LogP) is 3.60. The van der Waals surface area contributed by atoms with Crippen molar-refractivity contribution in [1.82, 2.24) is 41.0 Å². The minimum atomic E-state index is -1.31. The highest BCUT2D eigenvalue weighted by atomic mass is 19.1. The van der Waals surface area contributed by atoms with Gasteiger partial charge >= 0.3 is 5.97 Å². The number of carbonyl (C=O) groups is 9. The van der Waals surface area contributed by atoms with Gasteiger partial charge in [0.15, 0.2) is 0 Å². The van der Waals surface area contributed by atoms with Crippen molar-refractivity contribution in [2.75, 3.05) is 32.8 Å². The fourth-order valence-corrected chi connectivity index (χ4v) is 8.82. The topological polar surface area (TPSA) is 292 Å². The van der Waals surface area contributed by atoms with Gasteiger partial charge in [-0.3, -0.25) is 43.3 Å². The Kier molecular flexibility index (Phi) is 24.1. The Hall–Kier alpha value is -7.33. The molecular weight excluding hydrogens is 1000 g/mol. The number of halogens is 2. The van der Waals surface area contributed by atoms with E-state index >= 15 is 4.39 Å². The second-order valence-corrected chi connectivity index (χ2v) is 20.6. The first-order valence-electron chi connectivity index (χ1n) is 26.0. The first-order chi connectivity index (χ1) is 36.4. The number of carboxylic acid groups (broad SMARTS) is 1. The van der Waals surface area contributed by atoms with E-state index in [1.807, 2.05) is 55.7 Å². The lowest BCUT2D eigenvalue weighted by Gasteiger charge is -2.41. The minimum Gasteiger partial charge on any atom is -0.480 e. The third-order valence-corrected chi connectivity index (χ3v) is 13.0. The van der Waals surface area contributed by atoms with Crippen LogP contribution in [0.3, 0.4) is 0 Å². The molecule has 0 fully saturated rings. The predicted molar refractivity (Wildman–Crippen MR) is 282 cm³/mol. The van der Waals surface area contributed by atoms with Crippen LogP contribution in [0.5, 0.6) is 0 Å². The van der Waals surface area contributed by atoms with Crippen molar-refractivity contribution < 1.29 is 62.1 Å². The van der Waals surface area contributed by atoms with Crippen LogP contribution in [-0.2, 0) is 49.7 Å². The number of hydrogen-bond acceptors (Lipinski definition) is 11. The number of carboxylic acids is 1. The minimum absolute atomic E-state index is 0.00591. The molecule has 1 aliphatic heterocycles. The number of nitrogens with two attached hydrogens (primary N) is 1. The Morgan fingerprint density at radius 1 is 0.753 bits per heavy atom. The van der Waals surface area contributed by atoms with Gasteiger partial charge in [0.1, 0.15) is 36.4 Å². The molecular formula is C55H75F2N9O11. The summed E-state index contributed by atoms with van der Waals surface area (Å²) >= 11 is 0. The van der Waals surface area contributed by atoms with E-state index in [-0.39, 0.29) is 81.6 Å². The highest BCUT2D eigenvalue weighted by molar-refractivity contribution is 6.12. The molecule has 0 radical (unpaired) electrons. The van der Waals surface area contributed by atoms with Crippen LogP contribution in [0.2, 0.25) is 0 Å². The number of rotatable bonds is 31. The molecule has 20 nitrogen and oxygen atoms in total. The van der Waals surface area contributed by atoms with Crippen molar-refractivity contribution in [1.29, 1.82) is 0 Å². The lowest BCUT2D eigenvalue weighted by atomic mass is 9.82.